The fourth-order valence-corrected chi connectivity index (χ4v) is 9.37. The van der Waals surface area contributed by atoms with Gasteiger partial charge in [0, 0.05) is 41.9 Å². The fraction of sp³-hybridized carbons (Fsp3) is 0. The van der Waals surface area contributed by atoms with E-state index >= 15 is 0 Å². The fourth-order valence-electron chi connectivity index (χ4n) is 8.23. The SMILES string of the molecule is c1ccc2c(-c3nc4c(nc3-n3c5ccc6cccc7c6c5c5c6c(ccc53)sc3cccc-7c36)oc3ccccc34)cccc2c1. The van der Waals surface area contributed by atoms with Gasteiger partial charge < -0.3 is 4.42 Å². The first-order valence-electron chi connectivity index (χ1n) is 15.8. The maximum Gasteiger partial charge on any atom is 0.248 e. The van der Waals surface area contributed by atoms with E-state index in [0.717, 1.165) is 50.0 Å². The molecular formula is C42H21N3OS. The molecule has 0 aliphatic heterocycles. The van der Waals surface area contributed by atoms with Crippen molar-refractivity contribution in [3.8, 4) is 28.2 Å². The summed E-state index contributed by atoms with van der Waals surface area (Å²) >= 11 is 1.88. The maximum atomic E-state index is 6.40. The highest BCUT2D eigenvalue weighted by molar-refractivity contribution is 7.26. The molecule has 0 saturated carbocycles. The van der Waals surface area contributed by atoms with Gasteiger partial charge in [0.15, 0.2) is 5.82 Å². The van der Waals surface area contributed by atoms with Crippen molar-refractivity contribution in [1.29, 1.82) is 0 Å². The Kier molecular flexibility index (Phi) is 4.33. The standard InChI is InChI=1S/C42H21N3OS/c1-2-11-24-22(8-1)9-5-15-27(24)39-41(44-42-40(43-39)28-12-3-4-16-31(28)46-42)45-29-19-18-23-10-6-13-25-26-14-7-17-32-35(26)38-33(47-32)21-20-30(45)37(38)36(29)34(23)25/h1-21H. The third-order valence-electron chi connectivity index (χ3n) is 10.1. The lowest BCUT2D eigenvalue weighted by atomic mass is 9.95. The van der Waals surface area contributed by atoms with E-state index in [0.29, 0.717) is 5.71 Å². The zero-order chi connectivity index (χ0) is 30.4. The van der Waals surface area contributed by atoms with Crippen LogP contribution in [0.3, 0.4) is 0 Å². The Morgan fingerprint density at radius 3 is 2.09 bits per heavy atom. The van der Waals surface area contributed by atoms with Crippen LogP contribution in [0, 0.1) is 0 Å². The van der Waals surface area contributed by atoms with Gasteiger partial charge in [-0.1, -0.05) is 91.0 Å². The van der Waals surface area contributed by atoms with Crippen LogP contribution in [0.5, 0.6) is 0 Å². The average molecular weight is 616 g/mol. The second-order valence-electron chi connectivity index (χ2n) is 12.5. The van der Waals surface area contributed by atoms with Gasteiger partial charge in [0.1, 0.15) is 16.8 Å². The minimum absolute atomic E-state index is 0.540. The number of hydrogen-bond acceptors (Lipinski definition) is 4. The molecule has 0 amide bonds. The number of thiophene rings is 1. The van der Waals surface area contributed by atoms with Gasteiger partial charge in [0.25, 0.3) is 0 Å². The Morgan fingerprint density at radius 2 is 1.17 bits per heavy atom. The smallest absolute Gasteiger partial charge is 0.248 e. The third-order valence-corrected chi connectivity index (χ3v) is 11.3. The van der Waals surface area contributed by atoms with Gasteiger partial charge in [0.05, 0.1) is 11.0 Å². The molecule has 1 aliphatic carbocycles. The van der Waals surface area contributed by atoms with Crippen LogP contribution in [-0.2, 0) is 0 Å². The minimum atomic E-state index is 0.540. The van der Waals surface area contributed by atoms with Crippen LogP contribution in [0.15, 0.2) is 132 Å². The van der Waals surface area contributed by atoms with E-state index in [1.165, 1.54) is 58.2 Å². The normalized spacial score (nSPS) is 12.7. The number of para-hydroxylation sites is 1. The van der Waals surface area contributed by atoms with E-state index in [1.807, 2.05) is 29.5 Å². The van der Waals surface area contributed by atoms with Crippen molar-refractivity contribution in [3.05, 3.63) is 127 Å². The molecule has 0 bridgehead atoms. The molecule has 216 valence electrons. The van der Waals surface area contributed by atoms with Crippen LogP contribution in [0.4, 0.5) is 0 Å². The Labute approximate surface area is 270 Å². The highest BCUT2D eigenvalue weighted by Gasteiger charge is 2.28. The maximum absolute atomic E-state index is 6.40. The molecule has 4 aromatic heterocycles. The van der Waals surface area contributed by atoms with E-state index in [-0.39, 0.29) is 0 Å². The van der Waals surface area contributed by atoms with Crippen molar-refractivity contribution in [1.82, 2.24) is 14.5 Å². The molecule has 0 spiro atoms. The van der Waals surface area contributed by atoms with E-state index in [2.05, 4.69) is 114 Å². The predicted octanol–water partition coefficient (Wildman–Crippen LogP) is 11.8. The van der Waals surface area contributed by atoms with E-state index in [4.69, 9.17) is 14.4 Å². The predicted molar refractivity (Wildman–Crippen MR) is 196 cm³/mol. The van der Waals surface area contributed by atoms with Gasteiger partial charge in [-0.2, -0.15) is 4.98 Å². The molecule has 0 N–H and O–H groups in total. The molecule has 0 saturated heterocycles. The molecule has 7 aromatic carbocycles. The van der Waals surface area contributed by atoms with Crippen LogP contribution in [0.2, 0.25) is 0 Å². The van der Waals surface area contributed by atoms with Crippen LogP contribution >= 0.6 is 11.3 Å². The number of aromatic nitrogens is 3. The molecule has 5 heteroatoms. The van der Waals surface area contributed by atoms with Crippen molar-refractivity contribution >= 4 is 97.1 Å². The molecule has 12 rings (SSSR count). The number of rotatable bonds is 2. The Bertz CT molecular complexity index is 3190. The molecule has 47 heavy (non-hydrogen) atoms. The summed E-state index contributed by atoms with van der Waals surface area (Å²) in [7, 11) is 0. The summed E-state index contributed by atoms with van der Waals surface area (Å²) in [6.07, 6.45) is 0. The first kappa shape index (κ1) is 24.2. The van der Waals surface area contributed by atoms with Gasteiger partial charge in [-0.3, -0.25) is 4.57 Å². The van der Waals surface area contributed by atoms with Gasteiger partial charge >= 0.3 is 0 Å². The largest absolute Gasteiger partial charge is 0.436 e. The van der Waals surface area contributed by atoms with Crippen LogP contribution < -0.4 is 0 Å². The second kappa shape index (κ2) is 8.40. The lowest BCUT2D eigenvalue weighted by Crippen LogP contribution is -2.03. The quantitative estimate of drug-likeness (QED) is 0.194. The summed E-state index contributed by atoms with van der Waals surface area (Å²) in [5.74, 6) is 0.768. The number of benzene rings is 7. The number of hydrogen-bond donors (Lipinski definition) is 0. The Hall–Kier alpha value is -6.04. The molecule has 0 radical (unpaired) electrons. The lowest BCUT2D eigenvalue weighted by molar-refractivity contribution is 0.652. The van der Waals surface area contributed by atoms with Crippen molar-refractivity contribution in [3.63, 3.8) is 0 Å². The molecular weight excluding hydrogens is 595 g/mol. The van der Waals surface area contributed by atoms with Gasteiger partial charge in [-0.05, 0) is 69.1 Å². The van der Waals surface area contributed by atoms with Crippen molar-refractivity contribution in [2.75, 3.05) is 0 Å². The average Bonchev–Trinajstić information content (AvgIpc) is 3.76. The first-order valence-corrected chi connectivity index (χ1v) is 16.7. The summed E-state index contributed by atoms with van der Waals surface area (Å²) in [5, 5.41) is 11.0. The lowest BCUT2D eigenvalue weighted by Gasteiger charge is -2.15. The minimum Gasteiger partial charge on any atom is -0.436 e. The summed E-state index contributed by atoms with van der Waals surface area (Å²) < 4.78 is 11.4. The van der Waals surface area contributed by atoms with Gasteiger partial charge in [-0.15, -0.1) is 11.3 Å². The van der Waals surface area contributed by atoms with Crippen LogP contribution in [0.25, 0.3) is 114 Å². The van der Waals surface area contributed by atoms with E-state index in [9.17, 15) is 0 Å². The molecule has 11 aromatic rings. The van der Waals surface area contributed by atoms with Crippen molar-refractivity contribution < 1.29 is 4.42 Å². The molecule has 4 nitrogen and oxygen atoms in total. The summed E-state index contributed by atoms with van der Waals surface area (Å²) in [6, 6.07) is 45.6. The molecule has 0 atom stereocenters. The topological polar surface area (TPSA) is 43.9 Å². The summed E-state index contributed by atoms with van der Waals surface area (Å²) in [4.78, 5) is 10.8. The molecule has 1 aliphatic rings. The van der Waals surface area contributed by atoms with Crippen LogP contribution in [-0.4, -0.2) is 14.5 Å². The van der Waals surface area contributed by atoms with Crippen LogP contribution in [0.1, 0.15) is 0 Å². The zero-order valence-electron chi connectivity index (χ0n) is 24.8. The monoisotopic (exact) mass is 615 g/mol. The van der Waals surface area contributed by atoms with E-state index in [1.54, 1.807) is 0 Å². The number of fused-ring (bicyclic) bond motifs is 5. The molecule has 0 fully saturated rings. The summed E-state index contributed by atoms with van der Waals surface area (Å²) in [5.41, 5.74) is 8.81. The van der Waals surface area contributed by atoms with Crippen molar-refractivity contribution in [2.45, 2.75) is 0 Å². The third kappa shape index (κ3) is 2.94. The number of furan rings is 1. The second-order valence-corrected chi connectivity index (χ2v) is 13.6. The highest BCUT2D eigenvalue weighted by atomic mass is 32.1. The Morgan fingerprint density at radius 1 is 0.489 bits per heavy atom. The Balaban J connectivity index is 1.34. The van der Waals surface area contributed by atoms with Gasteiger partial charge in [-0.25, -0.2) is 4.98 Å². The zero-order valence-corrected chi connectivity index (χ0v) is 25.6. The summed E-state index contributed by atoms with van der Waals surface area (Å²) in [6.45, 7) is 0. The highest BCUT2D eigenvalue weighted by Crippen LogP contribution is 2.52. The molecule has 4 heterocycles. The van der Waals surface area contributed by atoms with E-state index < -0.39 is 0 Å². The number of nitrogens with zero attached hydrogens (tertiary/aromatic N) is 3. The van der Waals surface area contributed by atoms with Crippen molar-refractivity contribution in [2.24, 2.45) is 0 Å². The van der Waals surface area contributed by atoms with Gasteiger partial charge in [0.2, 0.25) is 5.71 Å². The molecule has 0 unspecified atom stereocenters. The first-order chi connectivity index (χ1) is 23.3.